The number of hydrogen-bond donors (Lipinski definition) is 2. The number of aliphatic hydroxyl groups excluding tert-OH is 1. The predicted octanol–water partition coefficient (Wildman–Crippen LogP) is 2.16. The van der Waals surface area contributed by atoms with Gasteiger partial charge in [0.1, 0.15) is 11.4 Å². The zero-order valence-corrected chi connectivity index (χ0v) is 17.6. The summed E-state index contributed by atoms with van der Waals surface area (Å²) >= 11 is 0. The van der Waals surface area contributed by atoms with Crippen LogP contribution in [0, 0.1) is 6.92 Å². The smallest absolute Gasteiger partial charge is 0.230 e. The second-order valence-corrected chi connectivity index (χ2v) is 8.33. The number of aryl methyl sites for hydroxylation is 3. The molecule has 1 saturated heterocycles. The SMILES string of the molecule is Cc1nc2c(nc1-c1cc3nc(N4CCCC4)nc(NC[C@@H](C)O)n3n1)CCCC2. The largest absolute Gasteiger partial charge is 0.392 e. The maximum atomic E-state index is 9.73. The quantitative estimate of drug-likeness (QED) is 0.662. The average Bonchev–Trinajstić information content (AvgIpc) is 3.41. The molecule has 0 saturated carbocycles. The maximum absolute atomic E-state index is 9.73. The van der Waals surface area contributed by atoms with Gasteiger partial charge in [-0.3, -0.25) is 4.98 Å². The first-order valence-electron chi connectivity index (χ1n) is 10.9. The van der Waals surface area contributed by atoms with Crippen LogP contribution in [0.2, 0.25) is 0 Å². The number of fused-ring (bicyclic) bond motifs is 2. The first-order valence-corrected chi connectivity index (χ1v) is 10.9. The Morgan fingerprint density at radius 1 is 1.03 bits per heavy atom. The summed E-state index contributed by atoms with van der Waals surface area (Å²) in [4.78, 5) is 21.4. The van der Waals surface area contributed by atoms with Crippen molar-refractivity contribution < 1.29 is 5.11 Å². The van der Waals surface area contributed by atoms with Crippen molar-refractivity contribution in [3.63, 3.8) is 0 Å². The number of nitrogens with one attached hydrogen (secondary N) is 1. The minimum atomic E-state index is -0.492. The molecule has 1 atom stereocenters. The molecule has 1 aliphatic carbocycles. The van der Waals surface area contributed by atoms with Gasteiger partial charge in [-0.1, -0.05) is 0 Å². The van der Waals surface area contributed by atoms with Crippen LogP contribution in [0.4, 0.5) is 11.9 Å². The Kier molecular flexibility index (Phi) is 4.98. The van der Waals surface area contributed by atoms with Crippen molar-refractivity contribution in [3.8, 4) is 11.4 Å². The van der Waals surface area contributed by atoms with Crippen LogP contribution in [0.1, 0.15) is 49.7 Å². The lowest BCUT2D eigenvalue weighted by Crippen LogP contribution is -2.23. The molecule has 30 heavy (non-hydrogen) atoms. The van der Waals surface area contributed by atoms with E-state index in [2.05, 4.69) is 10.2 Å². The molecule has 0 radical (unpaired) electrons. The van der Waals surface area contributed by atoms with E-state index in [1.807, 2.05) is 13.0 Å². The molecule has 9 heteroatoms. The van der Waals surface area contributed by atoms with Gasteiger partial charge in [0.05, 0.1) is 23.2 Å². The van der Waals surface area contributed by atoms with Gasteiger partial charge in [0, 0.05) is 25.7 Å². The zero-order chi connectivity index (χ0) is 20.7. The van der Waals surface area contributed by atoms with Gasteiger partial charge in [-0.25, -0.2) is 4.98 Å². The summed E-state index contributed by atoms with van der Waals surface area (Å²) in [6.45, 7) is 6.05. The third kappa shape index (κ3) is 3.58. The van der Waals surface area contributed by atoms with Crippen LogP contribution in [0.15, 0.2) is 6.07 Å². The molecule has 2 aliphatic rings. The average molecular weight is 409 g/mol. The summed E-state index contributed by atoms with van der Waals surface area (Å²) in [5.41, 5.74) is 5.39. The van der Waals surface area contributed by atoms with E-state index in [4.69, 9.17) is 25.0 Å². The Bertz CT molecular complexity index is 1070. The Balaban J connectivity index is 1.59. The van der Waals surface area contributed by atoms with E-state index in [1.54, 1.807) is 11.4 Å². The van der Waals surface area contributed by atoms with Crippen molar-refractivity contribution in [2.75, 3.05) is 29.9 Å². The third-order valence-electron chi connectivity index (χ3n) is 5.80. The molecule has 0 amide bonds. The van der Waals surface area contributed by atoms with E-state index < -0.39 is 6.10 Å². The molecule has 0 bridgehead atoms. The molecule has 3 aromatic heterocycles. The highest BCUT2D eigenvalue weighted by molar-refractivity contribution is 5.65. The standard InChI is InChI=1S/C21H28N8O/c1-13(30)12-22-20-26-21(28-9-5-6-10-28)25-18-11-17(27-29(18)20)19-14(2)23-15-7-3-4-8-16(15)24-19/h11,13,30H,3-10,12H2,1-2H3,(H,22,25,26)/t13-/m1/s1. The second-order valence-electron chi connectivity index (χ2n) is 8.33. The zero-order valence-electron chi connectivity index (χ0n) is 17.6. The van der Waals surface area contributed by atoms with Gasteiger partial charge in [0.2, 0.25) is 11.9 Å². The van der Waals surface area contributed by atoms with Crippen molar-refractivity contribution in [3.05, 3.63) is 23.1 Å². The van der Waals surface area contributed by atoms with Gasteiger partial charge >= 0.3 is 0 Å². The molecule has 0 unspecified atom stereocenters. The highest BCUT2D eigenvalue weighted by Crippen LogP contribution is 2.27. The highest BCUT2D eigenvalue weighted by Gasteiger charge is 2.21. The molecular formula is C21H28N8O. The van der Waals surface area contributed by atoms with Crippen molar-refractivity contribution in [2.24, 2.45) is 0 Å². The molecule has 1 fully saturated rings. The van der Waals surface area contributed by atoms with E-state index in [0.29, 0.717) is 24.1 Å². The minimum Gasteiger partial charge on any atom is -0.392 e. The van der Waals surface area contributed by atoms with Crippen molar-refractivity contribution in [1.82, 2.24) is 29.5 Å². The first kappa shape index (κ1) is 19.2. The molecule has 4 heterocycles. The molecule has 3 aromatic rings. The lowest BCUT2D eigenvalue weighted by molar-refractivity contribution is 0.208. The Morgan fingerprint density at radius 2 is 1.77 bits per heavy atom. The Hall–Kier alpha value is -2.81. The summed E-state index contributed by atoms with van der Waals surface area (Å²) in [6, 6.07) is 1.96. The number of rotatable bonds is 5. The van der Waals surface area contributed by atoms with Crippen molar-refractivity contribution in [2.45, 2.75) is 58.5 Å². The maximum Gasteiger partial charge on any atom is 0.230 e. The molecule has 158 valence electrons. The minimum absolute atomic E-state index is 0.387. The van der Waals surface area contributed by atoms with Gasteiger partial charge in [-0.05, 0) is 52.4 Å². The van der Waals surface area contributed by atoms with E-state index in [0.717, 1.165) is 73.7 Å². The number of anilines is 2. The number of hydrogen-bond acceptors (Lipinski definition) is 8. The molecule has 1 aliphatic heterocycles. The monoisotopic (exact) mass is 408 g/mol. The highest BCUT2D eigenvalue weighted by atomic mass is 16.3. The lowest BCUT2D eigenvalue weighted by Gasteiger charge is -2.17. The van der Waals surface area contributed by atoms with Gasteiger partial charge in [-0.15, -0.1) is 0 Å². The summed E-state index contributed by atoms with van der Waals surface area (Å²) in [7, 11) is 0. The lowest BCUT2D eigenvalue weighted by atomic mass is 10.00. The topological polar surface area (TPSA) is 104 Å². The summed E-state index contributed by atoms with van der Waals surface area (Å²) in [5, 5.41) is 17.7. The van der Waals surface area contributed by atoms with E-state index >= 15 is 0 Å². The van der Waals surface area contributed by atoms with Crippen LogP contribution in [0.5, 0.6) is 0 Å². The molecule has 2 N–H and O–H groups in total. The Morgan fingerprint density at radius 3 is 2.50 bits per heavy atom. The van der Waals surface area contributed by atoms with Crippen LogP contribution in [0.25, 0.3) is 17.0 Å². The van der Waals surface area contributed by atoms with Crippen molar-refractivity contribution >= 4 is 17.5 Å². The fraction of sp³-hybridized carbons (Fsp3) is 0.571. The molecular weight excluding hydrogens is 380 g/mol. The third-order valence-corrected chi connectivity index (χ3v) is 5.80. The predicted molar refractivity (Wildman–Crippen MR) is 115 cm³/mol. The van der Waals surface area contributed by atoms with Gasteiger partial charge < -0.3 is 15.3 Å². The molecule has 0 spiro atoms. The van der Waals surface area contributed by atoms with Crippen LogP contribution in [0.3, 0.4) is 0 Å². The number of aromatic nitrogens is 6. The van der Waals surface area contributed by atoms with Gasteiger partial charge in [0.15, 0.2) is 5.65 Å². The van der Waals surface area contributed by atoms with Crippen LogP contribution in [-0.2, 0) is 12.8 Å². The number of nitrogens with zero attached hydrogens (tertiary/aromatic N) is 7. The summed E-state index contributed by atoms with van der Waals surface area (Å²) in [5.74, 6) is 1.28. The van der Waals surface area contributed by atoms with Crippen LogP contribution >= 0.6 is 0 Å². The van der Waals surface area contributed by atoms with Crippen LogP contribution in [-0.4, -0.2) is 60.4 Å². The fourth-order valence-corrected chi connectivity index (χ4v) is 4.23. The van der Waals surface area contributed by atoms with E-state index in [-0.39, 0.29) is 0 Å². The van der Waals surface area contributed by atoms with Gasteiger partial charge in [-0.2, -0.15) is 19.6 Å². The fourth-order valence-electron chi connectivity index (χ4n) is 4.23. The summed E-state index contributed by atoms with van der Waals surface area (Å²) in [6.07, 6.45) is 6.14. The summed E-state index contributed by atoms with van der Waals surface area (Å²) < 4.78 is 1.71. The van der Waals surface area contributed by atoms with E-state index in [1.165, 1.54) is 6.42 Å². The Labute approximate surface area is 175 Å². The molecule has 0 aromatic carbocycles. The van der Waals surface area contributed by atoms with Crippen molar-refractivity contribution in [1.29, 1.82) is 0 Å². The normalized spacial score (nSPS) is 17.4. The van der Waals surface area contributed by atoms with Gasteiger partial charge in [0.25, 0.3) is 0 Å². The molecule has 9 nitrogen and oxygen atoms in total. The first-order chi connectivity index (χ1) is 14.6. The van der Waals surface area contributed by atoms with E-state index in [9.17, 15) is 5.11 Å². The number of aliphatic hydroxyl groups is 1. The van der Waals surface area contributed by atoms with Crippen LogP contribution < -0.4 is 10.2 Å². The molecule has 5 rings (SSSR count). The second kappa shape index (κ2) is 7.79.